The maximum Gasteiger partial charge on any atom is 0.337 e. The van der Waals surface area contributed by atoms with Gasteiger partial charge in [0, 0.05) is 11.3 Å². The van der Waals surface area contributed by atoms with Crippen LogP contribution in [0.3, 0.4) is 0 Å². The molecule has 5 nitrogen and oxygen atoms in total. The predicted octanol–water partition coefficient (Wildman–Crippen LogP) is 3.93. The van der Waals surface area contributed by atoms with Crippen molar-refractivity contribution in [2.24, 2.45) is 0 Å². The molecule has 0 saturated carbocycles. The second kappa shape index (κ2) is 6.04. The van der Waals surface area contributed by atoms with Gasteiger partial charge >= 0.3 is 5.97 Å². The molecule has 0 radical (unpaired) electrons. The molecule has 0 fully saturated rings. The first-order valence-corrected chi connectivity index (χ1v) is 7.95. The van der Waals surface area contributed by atoms with E-state index in [2.05, 4.69) is 10.2 Å². The highest BCUT2D eigenvalue weighted by molar-refractivity contribution is 7.71. The van der Waals surface area contributed by atoms with E-state index in [0.717, 1.165) is 4.88 Å². The zero-order chi connectivity index (χ0) is 15.7. The van der Waals surface area contributed by atoms with Crippen molar-refractivity contribution in [3.8, 4) is 5.69 Å². The highest BCUT2D eigenvalue weighted by Gasteiger charge is 2.14. The van der Waals surface area contributed by atoms with Crippen LogP contribution in [0.5, 0.6) is 0 Å². The van der Waals surface area contributed by atoms with Crippen molar-refractivity contribution in [3.05, 3.63) is 61.8 Å². The third-order valence-corrected chi connectivity index (χ3v) is 4.57. The molecule has 0 amide bonds. The fraction of sp³-hybridized carbons (Fsp3) is 0.0714. The lowest BCUT2D eigenvalue weighted by molar-refractivity contribution is 0.0697. The van der Waals surface area contributed by atoms with Crippen LogP contribution in [0.2, 0.25) is 5.02 Å². The Labute approximate surface area is 139 Å². The molecule has 22 heavy (non-hydrogen) atoms. The van der Waals surface area contributed by atoms with Crippen LogP contribution in [0.15, 0.2) is 35.7 Å². The third kappa shape index (κ3) is 2.83. The average molecular weight is 352 g/mol. The summed E-state index contributed by atoms with van der Waals surface area (Å²) in [7, 11) is 0. The summed E-state index contributed by atoms with van der Waals surface area (Å²) >= 11 is 12.8. The highest BCUT2D eigenvalue weighted by atomic mass is 35.5. The summed E-state index contributed by atoms with van der Waals surface area (Å²) in [5.74, 6) is -0.368. The minimum absolute atomic E-state index is 0.0318. The topological polar surface area (TPSA) is 70.9 Å². The molecule has 2 N–H and O–H groups in total. The van der Waals surface area contributed by atoms with Gasteiger partial charge in [0.2, 0.25) is 0 Å². The van der Waals surface area contributed by atoms with E-state index in [1.165, 1.54) is 6.07 Å². The molecule has 3 aromatic rings. The molecule has 0 atom stereocenters. The van der Waals surface area contributed by atoms with Crippen molar-refractivity contribution >= 4 is 41.1 Å². The molecular formula is C14H10ClN3O2S2. The van der Waals surface area contributed by atoms with Gasteiger partial charge in [0.1, 0.15) is 5.82 Å². The number of carbonyl (C=O) groups is 1. The number of halogens is 1. The number of carboxylic acid groups (broad SMARTS) is 1. The molecule has 0 saturated heterocycles. The minimum atomic E-state index is -1.08. The van der Waals surface area contributed by atoms with E-state index in [-0.39, 0.29) is 10.6 Å². The van der Waals surface area contributed by atoms with Gasteiger partial charge in [-0.1, -0.05) is 17.7 Å². The Morgan fingerprint density at radius 2 is 2.27 bits per heavy atom. The van der Waals surface area contributed by atoms with Crippen LogP contribution in [0.1, 0.15) is 21.1 Å². The molecule has 0 aliphatic rings. The monoisotopic (exact) mass is 351 g/mol. The molecular weight excluding hydrogens is 342 g/mol. The summed E-state index contributed by atoms with van der Waals surface area (Å²) in [5, 5.41) is 18.4. The first-order valence-electron chi connectivity index (χ1n) is 6.28. The summed E-state index contributed by atoms with van der Waals surface area (Å²) in [4.78, 5) is 12.4. The van der Waals surface area contributed by atoms with E-state index in [1.807, 2.05) is 17.5 Å². The third-order valence-electron chi connectivity index (χ3n) is 3.09. The zero-order valence-electron chi connectivity index (χ0n) is 11.1. The Morgan fingerprint density at radius 1 is 1.45 bits per heavy atom. The maximum atomic E-state index is 11.2. The molecule has 3 rings (SSSR count). The lowest BCUT2D eigenvalue weighted by Gasteiger charge is -2.08. The van der Waals surface area contributed by atoms with Crippen LogP contribution >= 0.6 is 35.2 Å². The maximum absolute atomic E-state index is 11.2. The number of hydrogen-bond donors (Lipinski definition) is 2. The molecule has 112 valence electrons. The smallest absolute Gasteiger partial charge is 0.337 e. The van der Waals surface area contributed by atoms with Gasteiger partial charge in [-0.05, 0) is 41.9 Å². The normalized spacial score (nSPS) is 10.8. The van der Waals surface area contributed by atoms with E-state index in [4.69, 9.17) is 23.8 Å². The van der Waals surface area contributed by atoms with Crippen LogP contribution in [0.4, 0.5) is 0 Å². The molecule has 0 unspecified atom stereocenters. The molecule has 0 aliphatic heterocycles. The Kier molecular flexibility index (Phi) is 4.10. The number of benzene rings is 1. The van der Waals surface area contributed by atoms with E-state index in [1.54, 1.807) is 28.0 Å². The first kappa shape index (κ1) is 15.0. The zero-order valence-corrected chi connectivity index (χ0v) is 13.5. The Morgan fingerprint density at radius 3 is 2.95 bits per heavy atom. The molecule has 8 heteroatoms. The van der Waals surface area contributed by atoms with Crippen molar-refractivity contribution in [2.75, 3.05) is 0 Å². The van der Waals surface area contributed by atoms with Crippen LogP contribution in [0, 0.1) is 4.77 Å². The van der Waals surface area contributed by atoms with Crippen molar-refractivity contribution in [1.82, 2.24) is 14.8 Å². The van der Waals surface area contributed by atoms with Gasteiger partial charge in [0.15, 0.2) is 4.77 Å². The molecule has 2 heterocycles. The second-order valence-corrected chi connectivity index (χ2v) is 6.33. The van der Waals surface area contributed by atoms with Gasteiger partial charge in [0.25, 0.3) is 0 Å². The van der Waals surface area contributed by atoms with Gasteiger partial charge in [-0.2, -0.15) is 5.10 Å². The largest absolute Gasteiger partial charge is 0.478 e. The number of thiophene rings is 1. The number of carboxylic acids is 1. The summed E-state index contributed by atoms with van der Waals surface area (Å²) in [6.07, 6.45) is 0.607. The summed E-state index contributed by atoms with van der Waals surface area (Å²) in [5.41, 5.74) is 0.649. The summed E-state index contributed by atoms with van der Waals surface area (Å²) in [6.45, 7) is 0. The molecule has 0 bridgehead atoms. The summed E-state index contributed by atoms with van der Waals surface area (Å²) in [6, 6.07) is 8.74. The Hall–Kier alpha value is -1.96. The van der Waals surface area contributed by atoms with Crippen molar-refractivity contribution in [3.63, 3.8) is 0 Å². The number of nitrogens with one attached hydrogen (secondary N) is 1. The van der Waals surface area contributed by atoms with E-state index in [9.17, 15) is 9.90 Å². The van der Waals surface area contributed by atoms with Gasteiger partial charge in [0.05, 0.1) is 16.3 Å². The molecule has 0 spiro atoms. The number of hydrogen-bond acceptors (Lipinski definition) is 4. The second-order valence-electron chi connectivity index (χ2n) is 4.51. The fourth-order valence-corrected chi connectivity index (χ4v) is 3.26. The fourth-order valence-electron chi connectivity index (χ4n) is 2.10. The Balaban J connectivity index is 2.09. The quantitative estimate of drug-likeness (QED) is 0.698. The van der Waals surface area contributed by atoms with Gasteiger partial charge in [-0.25, -0.2) is 4.79 Å². The van der Waals surface area contributed by atoms with Crippen molar-refractivity contribution < 1.29 is 9.90 Å². The van der Waals surface area contributed by atoms with Gasteiger partial charge < -0.3 is 5.11 Å². The molecule has 1 aromatic carbocycles. The number of H-pyrrole nitrogens is 1. The number of nitrogens with zero attached hydrogens (tertiary/aromatic N) is 2. The van der Waals surface area contributed by atoms with E-state index >= 15 is 0 Å². The highest BCUT2D eigenvalue weighted by Crippen LogP contribution is 2.22. The van der Waals surface area contributed by atoms with Gasteiger partial charge in [-0.3, -0.25) is 9.67 Å². The van der Waals surface area contributed by atoms with Gasteiger partial charge in [-0.15, -0.1) is 11.3 Å². The number of aromatic nitrogens is 3. The van der Waals surface area contributed by atoms with Crippen LogP contribution in [0.25, 0.3) is 5.69 Å². The molecule has 0 aliphatic carbocycles. The van der Waals surface area contributed by atoms with E-state index < -0.39 is 5.97 Å². The van der Waals surface area contributed by atoms with Crippen LogP contribution < -0.4 is 0 Å². The van der Waals surface area contributed by atoms with Crippen molar-refractivity contribution in [1.29, 1.82) is 0 Å². The summed E-state index contributed by atoms with van der Waals surface area (Å²) < 4.78 is 2.13. The minimum Gasteiger partial charge on any atom is -0.478 e. The molecule has 2 aromatic heterocycles. The van der Waals surface area contributed by atoms with Crippen LogP contribution in [-0.2, 0) is 6.42 Å². The van der Waals surface area contributed by atoms with Crippen LogP contribution in [-0.4, -0.2) is 25.8 Å². The lowest BCUT2D eigenvalue weighted by Crippen LogP contribution is -2.05. The number of rotatable bonds is 4. The standard InChI is InChI=1S/C14H10ClN3O2S2/c15-11-4-3-8(6-10(11)13(19)20)18-12(16-17-14(18)21)7-9-2-1-5-22-9/h1-6H,7H2,(H,17,21)(H,19,20). The Bertz CT molecular complexity index is 884. The number of aromatic amines is 1. The average Bonchev–Trinajstić information content (AvgIpc) is 3.10. The van der Waals surface area contributed by atoms with E-state index in [0.29, 0.717) is 22.7 Å². The van der Waals surface area contributed by atoms with Crippen molar-refractivity contribution in [2.45, 2.75) is 6.42 Å². The predicted molar refractivity (Wildman–Crippen MR) is 87.8 cm³/mol. The SMILES string of the molecule is O=C(O)c1cc(-n2c(Cc3cccs3)n[nH]c2=S)ccc1Cl. The number of aromatic carboxylic acids is 1. The first-order chi connectivity index (χ1) is 10.6. The lowest BCUT2D eigenvalue weighted by atomic mass is 10.2.